The minimum absolute atomic E-state index is 0.120. The van der Waals surface area contributed by atoms with Crippen molar-refractivity contribution in [3.8, 4) is 0 Å². The molecule has 35 heavy (non-hydrogen) atoms. The zero-order valence-corrected chi connectivity index (χ0v) is 18.8. The second kappa shape index (κ2) is 11.2. The van der Waals surface area contributed by atoms with Gasteiger partial charge in [-0.25, -0.2) is 4.79 Å². The van der Waals surface area contributed by atoms with Crippen LogP contribution in [-0.2, 0) is 11.0 Å². The molecule has 1 aliphatic carbocycles. The fraction of sp³-hybridized carbons (Fsp3) is 0.375. The van der Waals surface area contributed by atoms with Gasteiger partial charge in [-0.3, -0.25) is 14.5 Å². The maximum atomic E-state index is 12.9. The van der Waals surface area contributed by atoms with Crippen LogP contribution in [0.15, 0.2) is 54.6 Å². The number of anilines is 1. The third-order valence-electron chi connectivity index (χ3n) is 5.95. The Kier molecular flexibility index (Phi) is 8.34. The average Bonchev–Trinajstić information content (AvgIpc) is 2.82. The van der Waals surface area contributed by atoms with Crippen molar-refractivity contribution in [1.29, 1.82) is 0 Å². The van der Waals surface area contributed by atoms with E-state index in [1.165, 1.54) is 11.0 Å². The fourth-order valence-corrected chi connectivity index (χ4v) is 4.19. The van der Waals surface area contributed by atoms with Crippen LogP contribution < -0.4 is 21.3 Å². The zero-order valence-electron chi connectivity index (χ0n) is 18.8. The van der Waals surface area contributed by atoms with Crippen molar-refractivity contribution in [2.24, 2.45) is 11.7 Å². The van der Waals surface area contributed by atoms with Gasteiger partial charge in [0.15, 0.2) is 0 Å². The summed E-state index contributed by atoms with van der Waals surface area (Å²) in [5.41, 5.74) is 5.42. The van der Waals surface area contributed by atoms with E-state index in [4.69, 9.17) is 5.73 Å². The van der Waals surface area contributed by atoms with E-state index in [1.807, 2.05) is 0 Å². The van der Waals surface area contributed by atoms with Crippen LogP contribution in [-0.4, -0.2) is 48.2 Å². The van der Waals surface area contributed by atoms with Crippen LogP contribution in [0.1, 0.15) is 35.2 Å². The summed E-state index contributed by atoms with van der Waals surface area (Å²) in [5.74, 6) is -1.61. The molecule has 3 rings (SSSR count). The summed E-state index contributed by atoms with van der Waals surface area (Å²) in [4.78, 5) is 37.9. The van der Waals surface area contributed by atoms with Gasteiger partial charge in [0.25, 0.3) is 5.91 Å². The molecule has 0 aromatic heterocycles. The van der Waals surface area contributed by atoms with Gasteiger partial charge < -0.3 is 21.5 Å². The molecule has 3 amide bonds. The Labute approximate surface area is 200 Å². The molecule has 0 heterocycles. The van der Waals surface area contributed by atoms with Gasteiger partial charge in [0, 0.05) is 29.9 Å². The van der Waals surface area contributed by atoms with E-state index in [-0.39, 0.29) is 30.1 Å². The number of para-hydroxylation sites is 1. The molecule has 0 aliphatic heterocycles. The van der Waals surface area contributed by atoms with E-state index in [0.717, 1.165) is 18.2 Å². The quantitative estimate of drug-likeness (QED) is 0.472. The van der Waals surface area contributed by atoms with E-state index >= 15 is 0 Å². The highest BCUT2D eigenvalue weighted by molar-refractivity contribution is 5.96. The first-order valence-corrected chi connectivity index (χ1v) is 11.1. The van der Waals surface area contributed by atoms with Crippen LogP contribution in [0.4, 0.5) is 23.7 Å². The van der Waals surface area contributed by atoms with Crippen molar-refractivity contribution in [2.75, 3.05) is 18.0 Å². The molecule has 2 aromatic rings. The number of carbonyl (C=O) groups is 3. The summed E-state index contributed by atoms with van der Waals surface area (Å²) in [6.07, 6.45) is -4.06. The van der Waals surface area contributed by atoms with Gasteiger partial charge in [0.1, 0.15) is 0 Å². The molecule has 8 nitrogen and oxygen atoms in total. The molecule has 3 atom stereocenters. The zero-order chi connectivity index (χ0) is 25.6. The van der Waals surface area contributed by atoms with E-state index in [1.54, 1.807) is 30.3 Å². The first-order valence-electron chi connectivity index (χ1n) is 11.1. The van der Waals surface area contributed by atoms with Crippen LogP contribution in [0.2, 0.25) is 0 Å². The number of carbonyl (C=O) groups excluding carboxylic acids is 2. The molecule has 2 aromatic carbocycles. The van der Waals surface area contributed by atoms with Crippen LogP contribution in [0, 0.1) is 5.92 Å². The highest BCUT2D eigenvalue weighted by Gasteiger charge is 2.33. The van der Waals surface area contributed by atoms with E-state index in [0.29, 0.717) is 24.9 Å². The van der Waals surface area contributed by atoms with Crippen LogP contribution >= 0.6 is 0 Å². The fourth-order valence-electron chi connectivity index (χ4n) is 4.19. The monoisotopic (exact) mass is 492 g/mol. The molecule has 1 saturated carbocycles. The minimum atomic E-state index is -4.59. The lowest BCUT2D eigenvalue weighted by Gasteiger charge is -2.37. The van der Waals surface area contributed by atoms with E-state index in [2.05, 4.69) is 10.6 Å². The smallest absolute Gasteiger partial charge is 0.416 e. The topological polar surface area (TPSA) is 125 Å². The lowest BCUT2D eigenvalue weighted by molar-refractivity contribution is -0.137. The molecule has 0 radical (unpaired) electrons. The molecule has 0 unspecified atom stereocenters. The lowest BCUT2D eigenvalue weighted by atomic mass is 9.81. The van der Waals surface area contributed by atoms with Gasteiger partial charge in [-0.05, 0) is 55.5 Å². The predicted molar refractivity (Wildman–Crippen MR) is 123 cm³/mol. The van der Waals surface area contributed by atoms with Crippen molar-refractivity contribution in [2.45, 2.75) is 37.5 Å². The predicted octanol–water partition coefficient (Wildman–Crippen LogP) is 3.23. The highest BCUT2D eigenvalue weighted by Crippen LogP contribution is 2.30. The largest absolute Gasteiger partial charge is 0.465 e. The third kappa shape index (κ3) is 7.19. The molecule has 1 fully saturated rings. The number of halogens is 3. The molecule has 188 valence electrons. The van der Waals surface area contributed by atoms with Crippen LogP contribution in [0.3, 0.4) is 0 Å². The molecule has 0 bridgehead atoms. The number of alkyl halides is 3. The van der Waals surface area contributed by atoms with Crippen molar-refractivity contribution in [1.82, 2.24) is 10.6 Å². The van der Waals surface area contributed by atoms with Crippen LogP contribution in [0.25, 0.3) is 0 Å². The van der Waals surface area contributed by atoms with Gasteiger partial charge in [0.05, 0.1) is 12.1 Å². The van der Waals surface area contributed by atoms with Crippen molar-refractivity contribution in [3.63, 3.8) is 0 Å². The number of nitrogens with two attached hydrogens (primary N) is 1. The molecular weight excluding hydrogens is 465 g/mol. The Bertz CT molecular complexity index is 1050. The number of hydrogen-bond acceptors (Lipinski definition) is 4. The van der Waals surface area contributed by atoms with Crippen molar-refractivity contribution < 1.29 is 32.7 Å². The van der Waals surface area contributed by atoms with Crippen LogP contribution in [0.5, 0.6) is 0 Å². The van der Waals surface area contributed by atoms with E-state index in [9.17, 15) is 32.7 Å². The van der Waals surface area contributed by atoms with Gasteiger partial charge in [-0.2, -0.15) is 13.2 Å². The second-order valence-corrected chi connectivity index (χ2v) is 8.50. The Hall–Kier alpha value is -3.60. The van der Waals surface area contributed by atoms with Gasteiger partial charge >= 0.3 is 12.3 Å². The second-order valence-electron chi connectivity index (χ2n) is 8.50. The van der Waals surface area contributed by atoms with Gasteiger partial charge in [0.2, 0.25) is 5.91 Å². The average molecular weight is 492 g/mol. The number of rotatable bonds is 7. The molecule has 5 N–H and O–H groups in total. The Morgan fingerprint density at radius 3 is 2.43 bits per heavy atom. The van der Waals surface area contributed by atoms with Crippen molar-refractivity contribution >= 4 is 23.6 Å². The molecule has 1 aliphatic rings. The maximum absolute atomic E-state index is 12.9. The molecule has 11 heteroatoms. The molecule has 0 saturated heterocycles. The summed E-state index contributed by atoms with van der Waals surface area (Å²) in [5, 5.41) is 14.9. The Morgan fingerprint density at radius 1 is 1.06 bits per heavy atom. The normalized spacial score (nSPS) is 20.1. The highest BCUT2D eigenvalue weighted by atomic mass is 19.4. The third-order valence-corrected chi connectivity index (χ3v) is 5.95. The number of nitrogens with one attached hydrogen (secondary N) is 2. The first-order chi connectivity index (χ1) is 16.5. The number of nitrogens with zero attached hydrogens (tertiary/aromatic N) is 1. The van der Waals surface area contributed by atoms with Crippen molar-refractivity contribution in [3.05, 3.63) is 65.7 Å². The summed E-state index contributed by atoms with van der Waals surface area (Å²) in [6, 6.07) is 12.0. The Morgan fingerprint density at radius 2 is 1.77 bits per heavy atom. The number of amides is 3. The Balaban J connectivity index is 1.61. The molecular formula is C24H27F3N4O4. The number of carboxylic acid groups (broad SMARTS) is 1. The summed E-state index contributed by atoms with van der Waals surface area (Å²) >= 11 is 0. The summed E-state index contributed by atoms with van der Waals surface area (Å²) in [7, 11) is 0. The van der Waals surface area contributed by atoms with Gasteiger partial charge in [-0.1, -0.05) is 24.3 Å². The maximum Gasteiger partial charge on any atom is 0.416 e. The number of benzene rings is 2. The first kappa shape index (κ1) is 26.0. The number of hydrogen-bond donors (Lipinski definition) is 4. The minimum Gasteiger partial charge on any atom is -0.465 e. The lowest BCUT2D eigenvalue weighted by Crippen LogP contribution is -2.52. The standard InChI is InChI=1S/C24H27F3N4O4/c25-24(26,27)17-6-4-5-15(11-17)22(33)29-13-21(32)30-20-10-9-18(28)12-16(20)14-31(23(34)35)19-7-2-1-3-8-19/h1-8,11,16,18,20H,9-10,12-14,28H2,(H,29,33)(H,30,32)(H,34,35)/t16-,18-,20+/m1/s1. The molecule has 0 spiro atoms. The summed E-state index contributed by atoms with van der Waals surface area (Å²) < 4.78 is 38.6. The SMILES string of the molecule is N[C@@H]1CC[C@H](NC(=O)CNC(=O)c2cccc(C(F)(F)F)c2)[C@@H](CN(C(=O)O)c2ccccc2)C1. The van der Waals surface area contributed by atoms with E-state index < -0.39 is 36.2 Å². The summed E-state index contributed by atoms with van der Waals surface area (Å²) in [6.45, 7) is -0.319. The van der Waals surface area contributed by atoms with Gasteiger partial charge in [-0.15, -0.1) is 0 Å².